The summed E-state index contributed by atoms with van der Waals surface area (Å²) < 4.78 is 5.25. The monoisotopic (exact) mass is 358 g/mol. The number of hydrogen-bond donors (Lipinski definition) is 1. The molecule has 4 rings (SSSR count). The topological polar surface area (TPSA) is 62.6 Å². The maximum Gasteiger partial charge on any atom is 0.263 e. The lowest BCUT2D eigenvalue weighted by Gasteiger charge is -2.21. The quantitative estimate of drug-likeness (QED) is 0.914. The maximum atomic E-state index is 12.6. The lowest BCUT2D eigenvalue weighted by atomic mass is 9.87. The van der Waals surface area contributed by atoms with Crippen molar-refractivity contribution in [3.8, 4) is 0 Å². The molecule has 1 aliphatic carbocycles. The average Bonchev–Trinajstić information content (AvgIpc) is 3.39. The van der Waals surface area contributed by atoms with Crippen LogP contribution in [0.3, 0.4) is 0 Å². The van der Waals surface area contributed by atoms with Gasteiger partial charge in [-0.2, -0.15) is 0 Å². The molecule has 1 saturated heterocycles. The molecule has 1 aliphatic heterocycles. The van der Waals surface area contributed by atoms with E-state index in [1.54, 1.807) is 17.6 Å². The van der Waals surface area contributed by atoms with Crippen LogP contribution in [0.5, 0.6) is 0 Å². The minimum atomic E-state index is -0.0215. The van der Waals surface area contributed by atoms with E-state index in [1.807, 2.05) is 23.1 Å². The molecule has 1 N–H and O–H groups in total. The third kappa shape index (κ3) is 3.49. The van der Waals surface area contributed by atoms with Crippen molar-refractivity contribution in [3.05, 3.63) is 45.5 Å². The molecule has 1 fully saturated rings. The van der Waals surface area contributed by atoms with Gasteiger partial charge in [-0.15, -0.1) is 11.3 Å². The first-order chi connectivity index (χ1) is 12.2. The molecule has 3 heterocycles. The molecule has 6 heteroatoms. The normalized spacial score (nSPS) is 19.7. The largest absolute Gasteiger partial charge is 0.467 e. The molecule has 2 amide bonds. The highest BCUT2D eigenvalue weighted by Crippen LogP contribution is 2.33. The molecule has 5 nitrogen and oxygen atoms in total. The number of thiophene rings is 1. The fraction of sp³-hybridized carbons (Fsp3) is 0.474. The number of carbonyl (C=O) groups is 2. The van der Waals surface area contributed by atoms with E-state index in [4.69, 9.17) is 4.42 Å². The van der Waals surface area contributed by atoms with Gasteiger partial charge in [0, 0.05) is 23.9 Å². The van der Waals surface area contributed by atoms with Gasteiger partial charge in [-0.05, 0) is 55.9 Å². The molecule has 132 valence electrons. The summed E-state index contributed by atoms with van der Waals surface area (Å²) in [6, 6.07) is 5.69. The van der Waals surface area contributed by atoms with Crippen LogP contribution in [0.15, 0.2) is 28.9 Å². The summed E-state index contributed by atoms with van der Waals surface area (Å²) in [5.74, 6) is 0.974. The summed E-state index contributed by atoms with van der Waals surface area (Å²) in [6.45, 7) is 2.18. The fourth-order valence-electron chi connectivity index (χ4n) is 3.66. The summed E-state index contributed by atoms with van der Waals surface area (Å²) in [6.07, 6.45) is 6.27. The first kappa shape index (κ1) is 16.4. The lowest BCUT2D eigenvalue weighted by molar-refractivity contribution is -0.125. The van der Waals surface area contributed by atoms with Gasteiger partial charge in [0.15, 0.2) is 0 Å². The summed E-state index contributed by atoms with van der Waals surface area (Å²) >= 11 is 1.62. The minimum Gasteiger partial charge on any atom is -0.467 e. The Morgan fingerprint density at radius 2 is 2.16 bits per heavy atom. The zero-order valence-corrected chi connectivity index (χ0v) is 14.9. The summed E-state index contributed by atoms with van der Waals surface area (Å²) in [4.78, 5) is 29.1. The molecule has 25 heavy (non-hydrogen) atoms. The van der Waals surface area contributed by atoms with Crippen molar-refractivity contribution in [1.82, 2.24) is 10.2 Å². The van der Waals surface area contributed by atoms with E-state index in [0.717, 1.165) is 55.8 Å². The van der Waals surface area contributed by atoms with Crippen LogP contribution in [0.25, 0.3) is 0 Å². The van der Waals surface area contributed by atoms with Crippen LogP contribution in [0.2, 0.25) is 0 Å². The van der Waals surface area contributed by atoms with Gasteiger partial charge in [0.05, 0.1) is 17.7 Å². The molecule has 0 spiro atoms. The zero-order chi connectivity index (χ0) is 17.2. The van der Waals surface area contributed by atoms with Crippen LogP contribution >= 0.6 is 11.3 Å². The minimum absolute atomic E-state index is 0.0215. The number of carbonyl (C=O) groups excluding carboxylic acids is 2. The first-order valence-corrected chi connectivity index (χ1v) is 9.73. The van der Waals surface area contributed by atoms with Crippen molar-refractivity contribution in [1.29, 1.82) is 0 Å². The van der Waals surface area contributed by atoms with Gasteiger partial charge in [-0.1, -0.05) is 0 Å². The molecule has 2 aromatic rings. The van der Waals surface area contributed by atoms with E-state index in [-0.39, 0.29) is 17.7 Å². The number of aryl methyl sites for hydroxylation is 1. The number of nitrogens with one attached hydrogen (secondary N) is 1. The zero-order valence-electron chi connectivity index (χ0n) is 14.1. The van der Waals surface area contributed by atoms with Gasteiger partial charge in [0.2, 0.25) is 5.91 Å². The maximum absolute atomic E-state index is 12.6. The smallest absolute Gasteiger partial charge is 0.263 e. The molecule has 2 aromatic heterocycles. The highest BCUT2D eigenvalue weighted by atomic mass is 32.1. The first-order valence-electron chi connectivity index (χ1n) is 8.91. The molecule has 2 aliphatic rings. The standard InChI is InChI=1S/C19H22N2O3S/c22-18(20-12-15-4-3-9-24-15)13-5-6-16-14(10-13)11-17(25-16)19(23)21-7-1-2-8-21/h3-4,9,11,13H,1-2,5-8,10,12H2,(H,20,22). The van der Waals surface area contributed by atoms with E-state index >= 15 is 0 Å². The van der Waals surface area contributed by atoms with Crippen LogP contribution in [0.4, 0.5) is 0 Å². The van der Waals surface area contributed by atoms with Crippen LogP contribution < -0.4 is 5.32 Å². The molecule has 1 unspecified atom stereocenters. The van der Waals surface area contributed by atoms with E-state index in [0.29, 0.717) is 6.54 Å². The Balaban J connectivity index is 1.39. The second-order valence-electron chi connectivity index (χ2n) is 6.80. The predicted molar refractivity (Wildman–Crippen MR) is 95.5 cm³/mol. The fourth-order valence-corrected chi connectivity index (χ4v) is 4.84. The van der Waals surface area contributed by atoms with Crippen LogP contribution in [-0.4, -0.2) is 29.8 Å². The van der Waals surface area contributed by atoms with Crippen molar-refractivity contribution in [2.75, 3.05) is 13.1 Å². The van der Waals surface area contributed by atoms with Gasteiger partial charge in [0.1, 0.15) is 5.76 Å². The Morgan fingerprint density at radius 3 is 2.92 bits per heavy atom. The molecule has 0 bridgehead atoms. The van der Waals surface area contributed by atoms with Crippen molar-refractivity contribution < 1.29 is 14.0 Å². The Morgan fingerprint density at radius 1 is 1.32 bits per heavy atom. The van der Waals surface area contributed by atoms with E-state index in [9.17, 15) is 9.59 Å². The molecule has 1 atom stereocenters. The second-order valence-corrected chi connectivity index (χ2v) is 7.93. The number of amides is 2. The third-order valence-electron chi connectivity index (χ3n) is 5.07. The summed E-state index contributed by atoms with van der Waals surface area (Å²) in [5, 5.41) is 2.96. The van der Waals surface area contributed by atoms with E-state index in [1.165, 1.54) is 10.4 Å². The van der Waals surface area contributed by atoms with Crippen molar-refractivity contribution in [2.45, 2.75) is 38.6 Å². The van der Waals surface area contributed by atoms with Gasteiger partial charge >= 0.3 is 0 Å². The van der Waals surface area contributed by atoms with Crippen molar-refractivity contribution in [2.24, 2.45) is 5.92 Å². The van der Waals surface area contributed by atoms with Crippen molar-refractivity contribution >= 4 is 23.2 Å². The van der Waals surface area contributed by atoms with Gasteiger partial charge < -0.3 is 14.6 Å². The molecule has 0 aromatic carbocycles. The number of hydrogen-bond acceptors (Lipinski definition) is 4. The van der Waals surface area contributed by atoms with E-state index < -0.39 is 0 Å². The van der Waals surface area contributed by atoms with Gasteiger partial charge in [-0.25, -0.2) is 0 Å². The summed E-state index contributed by atoms with van der Waals surface area (Å²) in [7, 11) is 0. The third-order valence-corrected chi connectivity index (χ3v) is 6.30. The van der Waals surface area contributed by atoms with Crippen LogP contribution in [0, 0.1) is 5.92 Å². The predicted octanol–water partition coefficient (Wildman–Crippen LogP) is 3.00. The SMILES string of the molecule is O=C(NCc1ccco1)C1CCc2sc(C(=O)N3CCCC3)cc2C1. The number of rotatable bonds is 4. The van der Waals surface area contributed by atoms with Crippen LogP contribution in [0.1, 0.15) is 45.1 Å². The van der Waals surface area contributed by atoms with Crippen LogP contribution in [-0.2, 0) is 24.2 Å². The molecule has 0 radical (unpaired) electrons. The molecule has 0 saturated carbocycles. The Labute approximate surface area is 151 Å². The Kier molecular flexibility index (Phi) is 4.61. The number of fused-ring (bicyclic) bond motifs is 1. The second kappa shape index (κ2) is 7.04. The van der Waals surface area contributed by atoms with Gasteiger partial charge in [-0.3, -0.25) is 9.59 Å². The lowest BCUT2D eigenvalue weighted by Crippen LogP contribution is -2.33. The highest BCUT2D eigenvalue weighted by molar-refractivity contribution is 7.14. The Hall–Kier alpha value is -2.08. The number of nitrogens with zero attached hydrogens (tertiary/aromatic N) is 1. The number of furan rings is 1. The van der Waals surface area contributed by atoms with Crippen molar-refractivity contribution in [3.63, 3.8) is 0 Å². The average molecular weight is 358 g/mol. The molecular formula is C19H22N2O3S. The summed E-state index contributed by atoms with van der Waals surface area (Å²) in [5.41, 5.74) is 1.18. The van der Waals surface area contributed by atoms with E-state index in [2.05, 4.69) is 5.32 Å². The van der Waals surface area contributed by atoms with Gasteiger partial charge in [0.25, 0.3) is 5.91 Å². The molecular weight excluding hydrogens is 336 g/mol. The number of likely N-dealkylation sites (tertiary alicyclic amines) is 1. The Bertz CT molecular complexity index is 760. The highest BCUT2D eigenvalue weighted by Gasteiger charge is 2.29.